The van der Waals surface area contributed by atoms with Crippen LogP contribution in [-0.4, -0.2) is 17.8 Å². The van der Waals surface area contributed by atoms with E-state index in [1.807, 2.05) is 0 Å². The SMILES string of the molecule is CC1CCC(NCC(O)C2CC2)c2ccccc21. The summed E-state index contributed by atoms with van der Waals surface area (Å²) in [6, 6.07) is 9.20. The van der Waals surface area contributed by atoms with Gasteiger partial charge in [0.15, 0.2) is 0 Å². The van der Waals surface area contributed by atoms with Gasteiger partial charge in [0.25, 0.3) is 0 Å². The van der Waals surface area contributed by atoms with E-state index in [9.17, 15) is 5.11 Å². The smallest absolute Gasteiger partial charge is 0.0692 e. The lowest BCUT2D eigenvalue weighted by Crippen LogP contribution is -2.33. The lowest BCUT2D eigenvalue weighted by molar-refractivity contribution is 0.143. The fourth-order valence-corrected chi connectivity index (χ4v) is 3.13. The van der Waals surface area contributed by atoms with Gasteiger partial charge in [-0.1, -0.05) is 31.2 Å². The van der Waals surface area contributed by atoms with Gasteiger partial charge in [0, 0.05) is 12.6 Å². The molecular weight excluding hydrogens is 222 g/mol. The van der Waals surface area contributed by atoms with Crippen LogP contribution >= 0.6 is 0 Å². The lowest BCUT2D eigenvalue weighted by Gasteiger charge is -2.31. The summed E-state index contributed by atoms with van der Waals surface area (Å²) < 4.78 is 0. The molecule has 1 saturated carbocycles. The number of fused-ring (bicyclic) bond motifs is 1. The zero-order valence-electron chi connectivity index (χ0n) is 11.1. The number of benzene rings is 1. The van der Waals surface area contributed by atoms with Crippen molar-refractivity contribution in [1.29, 1.82) is 0 Å². The first-order valence-electron chi connectivity index (χ1n) is 7.26. The molecule has 1 aromatic carbocycles. The van der Waals surface area contributed by atoms with Crippen molar-refractivity contribution in [3.63, 3.8) is 0 Å². The molecule has 2 nitrogen and oxygen atoms in total. The molecule has 3 unspecified atom stereocenters. The van der Waals surface area contributed by atoms with E-state index >= 15 is 0 Å². The normalized spacial score (nSPS) is 28.8. The molecule has 0 aromatic heterocycles. The Labute approximate surface area is 109 Å². The average Bonchev–Trinajstić information content (AvgIpc) is 3.22. The monoisotopic (exact) mass is 245 g/mol. The average molecular weight is 245 g/mol. The van der Waals surface area contributed by atoms with Gasteiger partial charge in [-0.2, -0.15) is 0 Å². The summed E-state index contributed by atoms with van der Waals surface area (Å²) in [4.78, 5) is 0. The minimum absolute atomic E-state index is 0.142. The summed E-state index contributed by atoms with van der Waals surface area (Å²) in [5.41, 5.74) is 2.93. The van der Waals surface area contributed by atoms with Crippen LogP contribution in [0.15, 0.2) is 24.3 Å². The molecule has 0 radical (unpaired) electrons. The molecule has 0 bridgehead atoms. The Morgan fingerprint density at radius 2 is 1.89 bits per heavy atom. The molecule has 0 amide bonds. The third kappa shape index (κ3) is 2.45. The summed E-state index contributed by atoms with van der Waals surface area (Å²) >= 11 is 0. The van der Waals surface area contributed by atoms with Gasteiger partial charge in [0.05, 0.1) is 6.10 Å². The minimum Gasteiger partial charge on any atom is -0.392 e. The third-order valence-electron chi connectivity index (χ3n) is 4.53. The van der Waals surface area contributed by atoms with Crippen LogP contribution < -0.4 is 5.32 Å². The van der Waals surface area contributed by atoms with Crippen LogP contribution in [0.2, 0.25) is 0 Å². The van der Waals surface area contributed by atoms with Crippen molar-refractivity contribution in [2.24, 2.45) is 5.92 Å². The van der Waals surface area contributed by atoms with Gasteiger partial charge in [-0.05, 0) is 48.6 Å². The Morgan fingerprint density at radius 3 is 2.61 bits per heavy atom. The summed E-state index contributed by atoms with van der Waals surface area (Å²) in [5.74, 6) is 1.24. The van der Waals surface area contributed by atoms with Crippen molar-refractivity contribution in [1.82, 2.24) is 5.32 Å². The first-order valence-corrected chi connectivity index (χ1v) is 7.26. The topological polar surface area (TPSA) is 32.3 Å². The highest BCUT2D eigenvalue weighted by atomic mass is 16.3. The highest BCUT2D eigenvalue weighted by Crippen LogP contribution is 2.37. The maximum Gasteiger partial charge on any atom is 0.0692 e. The summed E-state index contributed by atoms with van der Waals surface area (Å²) in [6.45, 7) is 3.06. The fraction of sp³-hybridized carbons (Fsp3) is 0.625. The Balaban J connectivity index is 1.67. The number of hydrogen-bond acceptors (Lipinski definition) is 2. The van der Waals surface area contributed by atoms with E-state index in [1.165, 1.54) is 36.8 Å². The molecule has 2 heteroatoms. The number of hydrogen-bond donors (Lipinski definition) is 2. The van der Waals surface area contributed by atoms with Crippen LogP contribution in [0.25, 0.3) is 0 Å². The molecule has 0 aliphatic heterocycles. The largest absolute Gasteiger partial charge is 0.392 e. The molecule has 1 aromatic rings. The second-order valence-electron chi connectivity index (χ2n) is 5.97. The highest BCUT2D eigenvalue weighted by Gasteiger charge is 2.31. The first kappa shape index (κ1) is 12.2. The first-order chi connectivity index (χ1) is 8.75. The van der Waals surface area contributed by atoms with E-state index in [4.69, 9.17) is 0 Å². The molecule has 98 valence electrons. The second-order valence-corrected chi connectivity index (χ2v) is 5.97. The lowest BCUT2D eigenvalue weighted by atomic mass is 9.81. The fourth-order valence-electron chi connectivity index (χ4n) is 3.13. The van der Waals surface area contributed by atoms with E-state index in [1.54, 1.807) is 0 Å². The summed E-state index contributed by atoms with van der Waals surface area (Å²) in [7, 11) is 0. The molecule has 3 atom stereocenters. The van der Waals surface area contributed by atoms with Gasteiger partial charge in [0.2, 0.25) is 0 Å². The van der Waals surface area contributed by atoms with Crippen LogP contribution in [0, 0.1) is 5.92 Å². The predicted molar refractivity (Wildman–Crippen MR) is 73.6 cm³/mol. The summed E-state index contributed by atoms with van der Waals surface area (Å²) in [6.07, 6.45) is 4.71. The minimum atomic E-state index is -0.142. The number of nitrogens with one attached hydrogen (secondary N) is 1. The Bertz CT molecular complexity index is 413. The zero-order valence-corrected chi connectivity index (χ0v) is 11.1. The van der Waals surface area contributed by atoms with Crippen molar-refractivity contribution in [3.05, 3.63) is 35.4 Å². The van der Waals surface area contributed by atoms with Crippen LogP contribution in [0.5, 0.6) is 0 Å². The van der Waals surface area contributed by atoms with Crippen LogP contribution in [0.3, 0.4) is 0 Å². The van der Waals surface area contributed by atoms with Gasteiger partial charge in [-0.15, -0.1) is 0 Å². The Kier molecular flexibility index (Phi) is 3.40. The van der Waals surface area contributed by atoms with Crippen LogP contribution in [-0.2, 0) is 0 Å². The molecule has 0 saturated heterocycles. The standard InChI is InChI=1S/C16H23NO/c1-11-6-9-15(14-5-3-2-4-13(11)14)17-10-16(18)12-7-8-12/h2-5,11-12,15-18H,6-10H2,1H3. The third-order valence-corrected chi connectivity index (χ3v) is 4.53. The van der Waals surface area contributed by atoms with Crippen molar-refractivity contribution < 1.29 is 5.11 Å². The van der Waals surface area contributed by atoms with Gasteiger partial charge >= 0.3 is 0 Å². The van der Waals surface area contributed by atoms with E-state index < -0.39 is 0 Å². The van der Waals surface area contributed by atoms with Crippen LogP contribution in [0.4, 0.5) is 0 Å². The zero-order chi connectivity index (χ0) is 12.5. The number of aliphatic hydroxyl groups is 1. The van der Waals surface area contributed by atoms with Gasteiger partial charge in [-0.3, -0.25) is 0 Å². The summed E-state index contributed by atoms with van der Waals surface area (Å²) in [5, 5.41) is 13.5. The second kappa shape index (κ2) is 5.02. The molecule has 1 fully saturated rings. The van der Waals surface area contributed by atoms with E-state index in [0.717, 1.165) is 6.54 Å². The maximum absolute atomic E-state index is 9.96. The molecule has 18 heavy (non-hydrogen) atoms. The van der Waals surface area contributed by atoms with E-state index in [-0.39, 0.29) is 6.10 Å². The Morgan fingerprint density at radius 1 is 1.17 bits per heavy atom. The molecule has 2 aliphatic rings. The maximum atomic E-state index is 9.96. The van der Waals surface area contributed by atoms with Gasteiger partial charge < -0.3 is 10.4 Å². The molecule has 3 rings (SSSR count). The number of rotatable bonds is 4. The number of aliphatic hydroxyl groups excluding tert-OH is 1. The predicted octanol–water partition coefficient (Wildman–Crippen LogP) is 2.99. The highest BCUT2D eigenvalue weighted by molar-refractivity contribution is 5.34. The molecule has 0 heterocycles. The Hall–Kier alpha value is -0.860. The van der Waals surface area contributed by atoms with Gasteiger partial charge in [0.1, 0.15) is 0 Å². The van der Waals surface area contributed by atoms with Crippen molar-refractivity contribution in [3.8, 4) is 0 Å². The van der Waals surface area contributed by atoms with Gasteiger partial charge in [-0.25, -0.2) is 0 Å². The van der Waals surface area contributed by atoms with E-state index in [0.29, 0.717) is 17.9 Å². The molecule has 2 N–H and O–H groups in total. The molecule has 2 aliphatic carbocycles. The molecular formula is C16H23NO. The van der Waals surface area contributed by atoms with Crippen molar-refractivity contribution in [2.75, 3.05) is 6.54 Å². The van der Waals surface area contributed by atoms with E-state index in [2.05, 4.69) is 36.5 Å². The molecule has 0 spiro atoms. The van der Waals surface area contributed by atoms with Crippen LogP contribution in [0.1, 0.15) is 55.7 Å². The quantitative estimate of drug-likeness (QED) is 0.854. The van der Waals surface area contributed by atoms with Crippen molar-refractivity contribution >= 4 is 0 Å². The van der Waals surface area contributed by atoms with Crippen molar-refractivity contribution in [2.45, 2.75) is 50.7 Å².